The van der Waals surface area contributed by atoms with Crippen LogP contribution in [0, 0.1) is 5.82 Å². The maximum atomic E-state index is 14.0. The van der Waals surface area contributed by atoms with Gasteiger partial charge in [-0.3, -0.25) is 14.8 Å². The highest BCUT2D eigenvalue weighted by Crippen LogP contribution is 2.18. The molecule has 1 saturated heterocycles. The zero-order chi connectivity index (χ0) is 18.0. The summed E-state index contributed by atoms with van der Waals surface area (Å²) in [4.78, 5) is 28.3. The molecule has 25 heavy (non-hydrogen) atoms. The molecule has 1 aliphatic rings. The van der Waals surface area contributed by atoms with E-state index in [1.807, 2.05) is 7.05 Å². The first-order valence-electron chi connectivity index (χ1n) is 7.78. The number of aromatic amines is 1. The zero-order valence-electron chi connectivity index (χ0n) is 13.6. The number of nitrogens with one attached hydrogen (secondary N) is 1. The number of hydrazone groups is 1. The van der Waals surface area contributed by atoms with Crippen molar-refractivity contribution in [2.45, 2.75) is 0 Å². The summed E-state index contributed by atoms with van der Waals surface area (Å²) in [5.74, 6) is -1.36. The molecular formula is C16H18FN5O3. The minimum atomic E-state index is -0.927. The lowest BCUT2D eigenvalue weighted by molar-refractivity contribution is 0.159. The quantitative estimate of drug-likeness (QED) is 0.760. The first kappa shape index (κ1) is 16.9. The molecule has 1 fully saturated rings. The van der Waals surface area contributed by atoms with Gasteiger partial charge in [-0.05, 0) is 19.2 Å². The van der Waals surface area contributed by atoms with Gasteiger partial charge in [0.25, 0.3) is 5.56 Å². The minimum absolute atomic E-state index is 0.157. The van der Waals surface area contributed by atoms with Crippen molar-refractivity contribution < 1.29 is 9.50 Å². The number of rotatable bonds is 3. The van der Waals surface area contributed by atoms with Crippen molar-refractivity contribution in [3.8, 4) is 11.6 Å². The smallest absolute Gasteiger partial charge is 0.335 e. The average Bonchev–Trinajstić information content (AvgIpc) is 2.57. The van der Waals surface area contributed by atoms with Gasteiger partial charge in [0, 0.05) is 26.2 Å². The number of hydrogen-bond acceptors (Lipinski definition) is 6. The molecule has 1 aromatic carbocycles. The van der Waals surface area contributed by atoms with E-state index in [1.165, 1.54) is 24.4 Å². The number of likely N-dealkylation sites (N-methyl/N-ethyl adjacent to an activating group) is 1. The lowest BCUT2D eigenvalue weighted by atomic mass is 10.2. The van der Waals surface area contributed by atoms with Crippen LogP contribution < -0.4 is 11.2 Å². The Hall–Kier alpha value is -2.94. The van der Waals surface area contributed by atoms with Crippen LogP contribution in [-0.2, 0) is 0 Å². The van der Waals surface area contributed by atoms with Crippen molar-refractivity contribution in [1.29, 1.82) is 0 Å². The summed E-state index contributed by atoms with van der Waals surface area (Å²) in [6.07, 6.45) is 1.19. The van der Waals surface area contributed by atoms with Crippen molar-refractivity contribution in [3.63, 3.8) is 0 Å². The minimum Gasteiger partial charge on any atom is -0.493 e. The van der Waals surface area contributed by atoms with Gasteiger partial charge >= 0.3 is 5.69 Å². The first-order chi connectivity index (χ1) is 12.0. The maximum absolute atomic E-state index is 14.0. The first-order valence-corrected chi connectivity index (χ1v) is 7.78. The predicted molar refractivity (Wildman–Crippen MR) is 90.9 cm³/mol. The number of aromatic hydroxyl groups is 1. The van der Waals surface area contributed by atoms with E-state index < -0.39 is 22.9 Å². The summed E-state index contributed by atoms with van der Waals surface area (Å²) in [6, 6.07) is 5.47. The fourth-order valence-electron chi connectivity index (χ4n) is 2.56. The molecule has 0 aliphatic carbocycles. The van der Waals surface area contributed by atoms with Crippen molar-refractivity contribution in [1.82, 2.24) is 19.5 Å². The second kappa shape index (κ2) is 6.89. The summed E-state index contributed by atoms with van der Waals surface area (Å²) >= 11 is 0. The molecule has 8 nitrogen and oxygen atoms in total. The van der Waals surface area contributed by atoms with Gasteiger partial charge in [0.05, 0.1) is 11.9 Å². The van der Waals surface area contributed by atoms with Crippen LogP contribution in [0.25, 0.3) is 5.69 Å². The van der Waals surface area contributed by atoms with Crippen LogP contribution in [0.2, 0.25) is 0 Å². The molecule has 132 valence electrons. The molecule has 0 radical (unpaired) electrons. The number of hydrogen-bond donors (Lipinski definition) is 2. The molecule has 0 spiro atoms. The Morgan fingerprint density at radius 3 is 2.56 bits per heavy atom. The number of benzene rings is 1. The zero-order valence-corrected chi connectivity index (χ0v) is 13.6. The SMILES string of the molecule is CN1CCN(N=Cc2c(O)n(-c3ccccc3F)c(=O)[nH]c2=O)CC1. The third-order valence-corrected chi connectivity index (χ3v) is 4.04. The highest BCUT2D eigenvalue weighted by atomic mass is 19.1. The number of piperazine rings is 1. The highest BCUT2D eigenvalue weighted by molar-refractivity contribution is 5.82. The van der Waals surface area contributed by atoms with E-state index in [-0.39, 0.29) is 11.3 Å². The Kier molecular flexibility index (Phi) is 4.66. The maximum Gasteiger partial charge on any atom is 0.335 e. The summed E-state index contributed by atoms with van der Waals surface area (Å²) in [7, 11) is 2.00. The molecule has 0 saturated carbocycles. The summed E-state index contributed by atoms with van der Waals surface area (Å²) in [6.45, 7) is 3.01. The van der Waals surface area contributed by atoms with E-state index in [4.69, 9.17) is 0 Å². The Balaban J connectivity index is 2.01. The van der Waals surface area contributed by atoms with Gasteiger partial charge in [0.1, 0.15) is 11.4 Å². The fourth-order valence-corrected chi connectivity index (χ4v) is 2.56. The molecular weight excluding hydrogens is 329 g/mol. The second-order valence-electron chi connectivity index (χ2n) is 5.78. The van der Waals surface area contributed by atoms with Gasteiger partial charge in [-0.1, -0.05) is 12.1 Å². The Morgan fingerprint density at radius 1 is 1.20 bits per heavy atom. The number of aromatic nitrogens is 2. The fraction of sp³-hybridized carbons (Fsp3) is 0.312. The molecule has 1 aliphatic heterocycles. The van der Waals surface area contributed by atoms with Crippen molar-refractivity contribution in [3.05, 3.63) is 56.5 Å². The van der Waals surface area contributed by atoms with Crippen molar-refractivity contribution >= 4 is 6.21 Å². The van der Waals surface area contributed by atoms with Gasteiger partial charge in [-0.15, -0.1) is 0 Å². The summed E-state index contributed by atoms with van der Waals surface area (Å²) in [5.41, 5.74) is -2.07. The van der Waals surface area contributed by atoms with E-state index in [0.717, 1.165) is 19.2 Å². The molecule has 2 heterocycles. The average molecular weight is 347 g/mol. The largest absolute Gasteiger partial charge is 0.493 e. The summed E-state index contributed by atoms with van der Waals surface area (Å²) < 4.78 is 14.7. The molecule has 0 amide bonds. The molecule has 0 bridgehead atoms. The van der Waals surface area contributed by atoms with Gasteiger partial charge in [-0.2, -0.15) is 5.10 Å². The van der Waals surface area contributed by atoms with Gasteiger partial charge < -0.3 is 10.0 Å². The van der Waals surface area contributed by atoms with Crippen molar-refractivity contribution in [2.24, 2.45) is 5.10 Å². The molecule has 0 atom stereocenters. The van der Waals surface area contributed by atoms with Crippen LogP contribution in [0.5, 0.6) is 5.88 Å². The van der Waals surface area contributed by atoms with E-state index in [9.17, 15) is 19.1 Å². The normalized spacial score (nSPS) is 15.8. The van der Waals surface area contributed by atoms with Crippen LogP contribution in [0.1, 0.15) is 5.56 Å². The van der Waals surface area contributed by atoms with Crippen LogP contribution in [0.3, 0.4) is 0 Å². The van der Waals surface area contributed by atoms with Crippen LogP contribution in [-0.4, -0.2) is 64.0 Å². The number of H-pyrrole nitrogens is 1. The van der Waals surface area contributed by atoms with Gasteiger partial charge in [0.15, 0.2) is 0 Å². The number of para-hydroxylation sites is 1. The van der Waals surface area contributed by atoms with Crippen molar-refractivity contribution in [2.75, 3.05) is 33.2 Å². The molecule has 0 unspecified atom stereocenters. The Labute approximate surface area is 142 Å². The standard InChI is InChI=1S/C16H18FN5O3/c1-20-6-8-21(9-7-20)18-10-11-14(23)19-16(25)22(15(11)24)13-5-3-2-4-12(13)17/h2-5,10,24H,6-9H2,1H3,(H,19,23,25). The Bertz CT molecular complexity index is 913. The lowest BCUT2D eigenvalue weighted by Crippen LogP contribution is -2.42. The van der Waals surface area contributed by atoms with Gasteiger partial charge in [-0.25, -0.2) is 13.8 Å². The van der Waals surface area contributed by atoms with E-state index >= 15 is 0 Å². The molecule has 1 aromatic heterocycles. The van der Waals surface area contributed by atoms with Crippen LogP contribution in [0.15, 0.2) is 39.0 Å². The topological polar surface area (TPSA) is 93.9 Å². The molecule has 2 aromatic rings. The third kappa shape index (κ3) is 3.45. The highest BCUT2D eigenvalue weighted by Gasteiger charge is 2.17. The van der Waals surface area contributed by atoms with Gasteiger partial charge in [0.2, 0.25) is 5.88 Å². The molecule has 2 N–H and O–H groups in total. The van der Waals surface area contributed by atoms with Crippen LogP contribution in [0.4, 0.5) is 4.39 Å². The second-order valence-corrected chi connectivity index (χ2v) is 5.78. The molecule has 9 heteroatoms. The predicted octanol–water partition coefficient (Wildman–Crippen LogP) is -0.0482. The summed E-state index contributed by atoms with van der Waals surface area (Å²) in [5, 5.41) is 16.3. The van der Waals surface area contributed by atoms with E-state index in [1.54, 1.807) is 5.01 Å². The van der Waals surface area contributed by atoms with E-state index in [0.29, 0.717) is 17.7 Å². The number of nitrogens with zero attached hydrogens (tertiary/aromatic N) is 4. The Morgan fingerprint density at radius 2 is 1.88 bits per heavy atom. The third-order valence-electron chi connectivity index (χ3n) is 4.04. The lowest BCUT2D eigenvalue weighted by Gasteiger charge is -2.30. The van der Waals surface area contributed by atoms with Crippen LogP contribution >= 0.6 is 0 Å². The molecule has 3 rings (SSSR count). The monoisotopic (exact) mass is 347 g/mol. The van der Waals surface area contributed by atoms with E-state index in [2.05, 4.69) is 15.0 Å². The number of halogens is 1.